The van der Waals surface area contributed by atoms with Gasteiger partial charge in [0.25, 0.3) is 0 Å². The molecule has 0 aromatic rings. The van der Waals surface area contributed by atoms with Crippen LogP contribution in [0.25, 0.3) is 0 Å². The van der Waals surface area contributed by atoms with Crippen LogP contribution in [0.2, 0.25) is 0 Å². The quantitative estimate of drug-likeness (QED) is 0.0343. The monoisotopic (exact) mass is 961 g/mol. The first kappa shape index (κ1) is 66.4. The zero-order valence-electron chi connectivity index (χ0n) is 46.9. The maximum Gasteiger partial charge on any atom is 0.306 e. The summed E-state index contributed by atoms with van der Waals surface area (Å²) < 4.78 is 16.9. The van der Waals surface area contributed by atoms with Gasteiger partial charge in [-0.25, -0.2) is 0 Å². The van der Waals surface area contributed by atoms with E-state index in [0.29, 0.717) is 19.3 Å². The lowest BCUT2D eigenvalue weighted by atomic mass is 9.99. The average molecular weight is 962 g/mol. The van der Waals surface area contributed by atoms with E-state index in [4.69, 9.17) is 14.2 Å². The molecule has 404 valence electrons. The summed E-state index contributed by atoms with van der Waals surface area (Å²) in [6.07, 6.45) is 56.7. The molecule has 0 bridgehead atoms. The van der Waals surface area contributed by atoms with Crippen LogP contribution in [-0.4, -0.2) is 37.2 Å². The Morgan fingerprint density at radius 1 is 0.294 bits per heavy atom. The van der Waals surface area contributed by atoms with Gasteiger partial charge in [0.15, 0.2) is 6.10 Å². The second-order valence-corrected chi connectivity index (χ2v) is 22.5. The molecule has 0 spiro atoms. The number of rotatable bonds is 55. The fourth-order valence-corrected chi connectivity index (χ4v) is 9.50. The van der Waals surface area contributed by atoms with Crippen molar-refractivity contribution in [3.05, 3.63) is 0 Å². The smallest absolute Gasteiger partial charge is 0.306 e. The molecule has 0 N–H and O–H groups in total. The van der Waals surface area contributed by atoms with Crippen LogP contribution >= 0.6 is 0 Å². The maximum atomic E-state index is 12.9. The lowest BCUT2D eigenvalue weighted by Gasteiger charge is -2.18. The predicted molar refractivity (Wildman–Crippen MR) is 293 cm³/mol. The third kappa shape index (κ3) is 53.8. The van der Waals surface area contributed by atoms with E-state index < -0.39 is 6.10 Å². The fourth-order valence-electron chi connectivity index (χ4n) is 9.50. The van der Waals surface area contributed by atoms with Crippen LogP contribution in [0.15, 0.2) is 0 Å². The molecular weight excluding hydrogens is 841 g/mol. The van der Waals surface area contributed by atoms with Gasteiger partial charge in [0.1, 0.15) is 13.2 Å². The summed E-state index contributed by atoms with van der Waals surface area (Å²) in [5.41, 5.74) is 0. The first-order valence-corrected chi connectivity index (χ1v) is 30.6. The Labute approximate surface area is 425 Å². The highest BCUT2D eigenvalue weighted by molar-refractivity contribution is 5.71. The van der Waals surface area contributed by atoms with Crippen LogP contribution in [0.3, 0.4) is 0 Å². The highest BCUT2D eigenvalue weighted by Crippen LogP contribution is 2.19. The molecule has 0 heterocycles. The van der Waals surface area contributed by atoms with Crippen molar-refractivity contribution in [3.8, 4) is 0 Å². The molecule has 2 atom stereocenters. The molecule has 6 heteroatoms. The van der Waals surface area contributed by atoms with Crippen LogP contribution in [0.5, 0.6) is 0 Å². The van der Waals surface area contributed by atoms with Gasteiger partial charge >= 0.3 is 17.9 Å². The van der Waals surface area contributed by atoms with E-state index in [1.165, 1.54) is 225 Å². The largest absolute Gasteiger partial charge is 0.462 e. The van der Waals surface area contributed by atoms with Gasteiger partial charge < -0.3 is 14.2 Å². The minimum Gasteiger partial charge on any atom is -0.462 e. The molecule has 0 aliphatic rings. The fraction of sp³-hybridized carbons (Fsp3) is 0.952. The molecule has 0 aromatic heterocycles. The second kappa shape index (κ2) is 53.2. The first-order chi connectivity index (χ1) is 33.1. The van der Waals surface area contributed by atoms with Crippen LogP contribution in [0.4, 0.5) is 0 Å². The van der Waals surface area contributed by atoms with Crippen LogP contribution in [-0.2, 0) is 28.6 Å². The Balaban J connectivity index is 4.23. The molecule has 0 saturated heterocycles. The summed E-state index contributed by atoms with van der Waals surface area (Å²) in [6.45, 7) is 13.8. The number of ether oxygens (including phenoxy) is 3. The van der Waals surface area contributed by atoms with Crippen molar-refractivity contribution in [2.45, 2.75) is 349 Å². The van der Waals surface area contributed by atoms with Gasteiger partial charge in [0, 0.05) is 19.3 Å². The molecular formula is C62H120O6. The molecule has 0 aliphatic carbocycles. The van der Waals surface area contributed by atoms with Gasteiger partial charge in [-0.15, -0.1) is 0 Å². The molecule has 0 amide bonds. The molecule has 0 fully saturated rings. The van der Waals surface area contributed by atoms with Gasteiger partial charge in [-0.3, -0.25) is 14.4 Å². The normalized spacial score (nSPS) is 12.5. The number of hydrogen-bond donors (Lipinski definition) is 0. The summed E-state index contributed by atoms with van der Waals surface area (Å²) in [7, 11) is 0. The number of carbonyl (C=O) groups excluding carboxylic acids is 3. The summed E-state index contributed by atoms with van der Waals surface area (Å²) in [5, 5.41) is 0. The summed E-state index contributed by atoms with van der Waals surface area (Å²) >= 11 is 0. The Hall–Kier alpha value is -1.59. The minimum absolute atomic E-state index is 0.0633. The van der Waals surface area contributed by atoms with Crippen molar-refractivity contribution >= 4 is 17.9 Å². The van der Waals surface area contributed by atoms with E-state index in [0.717, 1.165) is 75.5 Å². The minimum atomic E-state index is -0.764. The van der Waals surface area contributed by atoms with Crippen LogP contribution in [0, 0.1) is 17.8 Å². The number of hydrogen-bond acceptors (Lipinski definition) is 6. The summed E-state index contributed by atoms with van der Waals surface area (Å²) in [6, 6.07) is 0. The molecule has 0 radical (unpaired) electrons. The van der Waals surface area contributed by atoms with Crippen LogP contribution in [0.1, 0.15) is 343 Å². The summed E-state index contributed by atoms with van der Waals surface area (Å²) in [4.78, 5) is 38.2. The Morgan fingerprint density at radius 2 is 0.515 bits per heavy atom. The molecule has 1 unspecified atom stereocenters. The van der Waals surface area contributed by atoms with Crippen molar-refractivity contribution in [1.29, 1.82) is 0 Å². The molecule has 0 saturated carbocycles. The van der Waals surface area contributed by atoms with Gasteiger partial charge in [-0.1, -0.05) is 305 Å². The highest BCUT2D eigenvalue weighted by atomic mass is 16.6. The van der Waals surface area contributed by atoms with Gasteiger partial charge in [0.2, 0.25) is 0 Å². The van der Waals surface area contributed by atoms with Crippen LogP contribution < -0.4 is 0 Å². The van der Waals surface area contributed by atoms with E-state index in [1.54, 1.807) is 0 Å². The lowest BCUT2D eigenvalue weighted by Crippen LogP contribution is -2.30. The van der Waals surface area contributed by atoms with E-state index >= 15 is 0 Å². The molecule has 0 aromatic carbocycles. The van der Waals surface area contributed by atoms with Gasteiger partial charge in [-0.2, -0.15) is 0 Å². The zero-order valence-corrected chi connectivity index (χ0v) is 46.9. The topological polar surface area (TPSA) is 78.9 Å². The summed E-state index contributed by atoms with van der Waals surface area (Å²) in [5.74, 6) is 1.71. The number of esters is 3. The third-order valence-corrected chi connectivity index (χ3v) is 14.5. The van der Waals surface area contributed by atoms with E-state index in [-0.39, 0.29) is 31.1 Å². The van der Waals surface area contributed by atoms with E-state index in [2.05, 4.69) is 41.5 Å². The Kier molecular flexibility index (Phi) is 52.0. The zero-order chi connectivity index (χ0) is 49.8. The van der Waals surface area contributed by atoms with Crippen molar-refractivity contribution < 1.29 is 28.6 Å². The molecule has 0 rings (SSSR count). The first-order valence-electron chi connectivity index (χ1n) is 30.6. The maximum absolute atomic E-state index is 12.9. The lowest BCUT2D eigenvalue weighted by molar-refractivity contribution is -0.167. The number of unbranched alkanes of at least 4 members (excludes halogenated alkanes) is 37. The average Bonchev–Trinajstić information content (AvgIpc) is 3.31. The molecule has 68 heavy (non-hydrogen) atoms. The van der Waals surface area contributed by atoms with E-state index in [9.17, 15) is 14.4 Å². The Morgan fingerprint density at radius 3 is 0.765 bits per heavy atom. The van der Waals surface area contributed by atoms with Crippen molar-refractivity contribution in [2.24, 2.45) is 17.8 Å². The predicted octanol–water partition coefficient (Wildman–Crippen LogP) is 20.3. The van der Waals surface area contributed by atoms with Gasteiger partial charge in [0.05, 0.1) is 0 Å². The standard InChI is InChI=1S/C62H120O6/c1-7-58(6)50-44-38-32-26-20-16-12-10-8-9-11-13-17-21-27-33-39-45-51-60(63)66-54-59(55-67-61(64)52-46-40-34-29-23-25-31-37-43-49-57(4)5)68-62(65)53-47-41-35-28-22-18-14-15-19-24-30-36-42-48-56(2)3/h56-59H,7-55H2,1-6H3/t58?,59-/m1/s1. The molecule has 6 nitrogen and oxygen atoms in total. The van der Waals surface area contributed by atoms with E-state index in [1.807, 2.05) is 0 Å². The second-order valence-electron chi connectivity index (χ2n) is 22.5. The highest BCUT2D eigenvalue weighted by Gasteiger charge is 2.19. The SMILES string of the molecule is CCC(C)CCCCCCCCCCCCCCCCCCCCC(=O)OC[C@H](COC(=O)CCCCCCCCCCCC(C)C)OC(=O)CCCCCCCCCCCCCCCC(C)C. The van der Waals surface area contributed by atoms with Crippen molar-refractivity contribution in [1.82, 2.24) is 0 Å². The third-order valence-electron chi connectivity index (χ3n) is 14.5. The van der Waals surface area contributed by atoms with Crippen molar-refractivity contribution in [2.75, 3.05) is 13.2 Å². The number of carbonyl (C=O) groups is 3. The Bertz CT molecular complexity index is 1060. The van der Waals surface area contributed by atoms with Crippen molar-refractivity contribution in [3.63, 3.8) is 0 Å². The van der Waals surface area contributed by atoms with Gasteiger partial charge in [-0.05, 0) is 37.0 Å². The molecule has 0 aliphatic heterocycles.